The van der Waals surface area contributed by atoms with E-state index in [-0.39, 0.29) is 30.2 Å². The topological polar surface area (TPSA) is 46.5 Å². The van der Waals surface area contributed by atoms with Crippen LogP contribution in [0, 0.1) is 24.6 Å². The van der Waals surface area contributed by atoms with Gasteiger partial charge in [-0.05, 0) is 72.6 Å². The largest absolute Gasteiger partial charge is 0.489 e. The Hall–Kier alpha value is -2.30. The molecule has 0 spiro atoms. The molecule has 0 heterocycles. The lowest BCUT2D eigenvalue weighted by Gasteiger charge is -2.19. The number of hydrogen-bond donors (Lipinski definition) is 1. The van der Waals surface area contributed by atoms with Crippen molar-refractivity contribution in [1.82, 2.24) is 0 Å². The fourth-order valence-electron chi connectivity index (χ4n) is 5.10. The number of carbonyl (C=O) groups is 1. The Bertz CT molecular complexity index is 1170. The summed E-state index contributed by atoms with van der Waals surface area (Å²) in [5.41, 5.74) is 5.05. The second-order valence-electron chi connectivity index (χ2n) is 8.48. The molecule has 3 aliphatic rings. The minimum absolute atomic E-state index is 0.0845. The number of aliphatic carboxylic acids is 1. The van der Waals surface area contributed by atoms with Crippen molar-refractivity contribution < 1.29 is 19.0 Å². The zero-order valence-electron chi connectivity index (χ0n) is 16.9. The lowest BCUT2D eigenvalue weighted by atomic mass is 9.92. The quantitative estimate of drug-likeness (QED) is 0.552. The van der Waals surface area contributed by atoms with Crippen molar-refractivity contribution in [3.8, 4) is 5.75 Å². The van der Waals surface area contributed by atoms with E-state index >= 15 is 0 Å². The van der Waals surface area contributed by atoms with Gasteiger partial charge in [0.15, 0.2) is 0 Å². The second-order valence-corrected chi connectivity index (χ2v) is 9.34. The number of carboxylic acid groups (broad SMARTS) is 1. The molecule has 160 valence electrons. The van der Waals surface area contributed by atoms with E-state index in [1.165, 1.54) is 6.07 Å². The molecule has 3 nitrogen and oxygen atoms in total. The van der Waals surface area contributed by atoms with Gasteiger partial charge < -0.3 is 9.84 Å². The Morgan fingerprint density at radius 3 is 2.81 bits per heavy atom. The second kappa shape index (κ2) is 7.68. The van der Waals surface area contributed by atoms with Crippen molar-refractivity contribution in [1.29, 1.82) is 0 Å². The summed E-state index contributed by atoms with van der Waals surface area (Å²) in [6, 6.07) is 8.90. The molecule has 3 atom stereocenters. The minimum Gasteiger partial charge on any atom is -0.489 e. The fraction of sp³-hybridized carbons (Fsp3) is 0.320. The van der Waals surface area contributed by atoms with E-state index < -0.39 is 5.97 Å². The highest BCUT2D eigenvalue weighted by atomic mass is 35.5. The van der Waals surface area contributed by atoms with Crippen LogP contribution in [0.4, 0.5) is 4.39 Å². The van der Waals surface area contributed by atoms with Crippen molar-refractivity contribution >= 4 is 34.7 Å². The number of rotatable bonds is 5. The van der Waals surface area contributed by atoms with Crippen LogP contribution in [0.5, 0.6) is 5.75 Å². The van der Waals surface area contributed by atoms with E-state index in [9.17, 15) is 14.3 Å². The molecule has 31 heavy (non-hydrogen) atoms. The highest BCUT2D eigenvalue weighted by Gasteiger charge is 2.59. The molecule has 0 aliphatic heterocycles. The molecule has 0 unspecified atom stereocenters. The minimum atomic E-state index is -0.713. The van der Waals surface area contributed by atoms with Crippen molar-refractivity contribution in [2.24, 2.45) is 11.8 Å². The van der Waals surface area contributed by atoms with Crippen LogP contribution in [0.1, 0.15) is 46.6 Å². The summed E-state index contributed by atoms with van der Waals surface area (Å²) in [6.07, 6.45) is 4.21. The van der Waals surface area contributed by atoms with Gasteiger partial charge in [-0.15, -0.1) is 0 Å². The fourth-order valence-corrected chi connectivity index (χ4v) is 5.79. The average Bonchev–Trinajstić information content (AvgIpc) is 3.32. The Labute approximate surface area is 190 Å². The first-order chi connectivity index (χ1) is 14.9. The van der Waals surface area contributed by atoms with Gasteiger partial charge in [0.25, 0.3) is 0 Å². The van der Waals surface area contributed by atoms with Gasteiger partial charge in [-0.25, -0.2) is 4.39 Å². The molecule has 1 fully saturated rings. The zero-order valence-corrected chi connectivity index (χ0v) is 18.4. The molecule has 1 saturated carbocycles. The van der Waals surface area contributed by atoms with E-state index in [0.29, 0.717) is 21.4 Å². The summed E-state index contributed by atoms with van der Waals surface area (Å²) in [5, 5.41) is 10.5. The third kappa shape index (κ3) is 3.46. The molecule has 0 saturated heterocycles. The summed E-state index contributed by atoms with van der Waals surface area (Å²) < 4.78 is 20.6. The highest BCUT2D eigenvalue weighted by Crippen LogP contribution is 2.61. The van der Waals surface area contributed by atoms with Gasteiger partial charge in [-0.1, -0.05) is 41.4 Å². The number of benzene rings is 2. The van der Waals surface area contributed by atoms with Crippen LogP contribution in [0.3, 0.4) is 0 Å². The Kier molecular flexibility index (Phi) is 5.10. The van der Waals surface area contributed by atoms with Crippen molar-refractivity contribution in [2.45, 2.75) is 38.7 Å². The molecular weight excluding hydrogens is 438 g/mol. The monoisotopic (exact) mass is 458 g/mol. The van der Waals surface area contributed by atoms with Crippen molar-refractivity contribution in [3.63, 3.8) is 0 Å². The summed E-state index contributed by atoms with van der Waals surface area (Å²) in [6.45, 7) is 1.94. The van der Waals surface area contributed by atoms with Gasteiger partial charge >= 0.3 is 5.97 Å². The van der Waals surface area contributed by atoms with Gasteiger partial charge in [0.1, 0.15) is 18.2 Å². The third-order valence-corrected chi connectivity index (χ3v) is 7.50. The predicted molar refractivity (Wildman–Crippen MR) is 119 cm³/mol. The summed E-state index contributed by atoms with van der Waals surface area (Å²) >= 11 is 12.8. The molecule has 3 aliphatic carbocycles. The first-order valence-electron chi connectivity index (χ1n) is 10.4. The number of halogens is 3. The maximum Gasteiger partial charge on any atom is 0.307 e. The molecular formula is C25H21Cl2FO3. The molecule has 5 rings (SSSR count). The number of hydrogen-bond acceptors (Lipinski definition) is 2. The average molecular weight is 459 g/mol. The number of fused-ring (bicyclic) bond motifs is 3. The van der Waals surface area contributed by atoms with Gasteiger partial charge in [0.2, 0.25) is 0 Å². The zero-order chi connectivity index (χ0) is 21.9. The van der Waals surface area contributed by atoms with E-state index in [1.54, 1.807) is 6.07 Å². The standard InChI is InChI=1S/C25H21Cl2FO3/c1-12-15(23-19(26)3-2-4-20(23)27)7-8-21(28)18(12)11-31-14-5-6-16-13(9-14)10-17-22(16)24(17)25(29)30/h3,5-9,17,22,24H,2,4,10-11H2,1H3,(H,29,30)/t17-,22+,24+/m1/s1. The highest BCUT2D eigenvalue weighted by molar-refractivity contribution is 6.42. The predicted octanol–water partition coefficient (Wildman–Crippen LogP) is 6.55. The maximum absolute atomic E-state index is 14.7. The van der Waals surface area contributed by atoms with Gasteiger partial charge in [-0.3, -0.25) is 4.79 Å². The number of ether oxygens (including phenoxy) is 1. The Morgan fingerprint density at radius 2 is 2.06 bits per heavy atom. The molecule has 2 aromatic carbocycles. The number of carboxylic acids is 1. The van der Waals surface area contributed by atoms with E-state index in [2.05, 4.69) is 0 Å². The lowest BCUT2D eigenvalue weighted by Crippen LogP contribution is -2.07. The van der Waals surface area contributed by atoms with Crippen LogP contribution >= 0.6 is 23.2 Å². The van der Waals surface area contributed by atoms with E-state index in [4.69, 9.17) is 27.9 Å². The molecule has 0 bridgehead atoms. The van der Waals surface area contributed by atoms with Crippen LogP contribution < -0.4 is 4.74 Å². The van der Waals surface area contributed by atoms with E-state index in [1.807, 2.05) is 31.2 Å². The van der Waals surface area contributed by atoms with Gasteiger partial charge in [0.05, 0.1) is 5.92 Å². The molecule has 1 N–H and O–H groups in total. The van der Waals surface area contributed by atoms with E-state index in [0.717, 1.165) is 47.1 Å². The van der Waals surface area contributed by atoms with Crippen molar-refractivity contribution in [3.05, 3.63) is 80.1 Å². The van der Waals surface area contributed by atoms with Gasteiger partial charge in [-0.2, -0.15) is 0 Å². The van der Waals surface area contributed by atoms with Gasteiger partial charge in [0, 0.05) is 27.1 Å². The molecule has 0 aromatic heterocycles. The maximum atomic E-state index is 14.7. The molecule has 6 heteroatoms. The van der Waals surface area contributed by atoms with Crippen LogP contribution in [0.25, 0.3) is 5.57 Å². The van der Waals surface area contributed by atoms with Crippen LogP contribution in [0.15, 0.2) is 46.5 Å². The first-order valence-corrected chi connectivity index (χ1v) is 11.1. The number of allylic oxidation sites excluding steroid dienone is 4. The SMILES string of the molecule is Cc1c(C2=C(Cl)CCC=C2Cl)ccc(F)c1COc1ccc2c(c1)C[C@H]1[C@H](C(=O)O)[C@@H]21. The normalized spacial score (nSPS) is 23.9. The van der Waals surface area contributed by atoms with Crippen LogP contribution in [0.2, 0.25) is 0 Å². The van der Waals surface area contributed by atoms with Crippen LogP contribution in [-0.4, -0.2) is 11.1 Å². The molecule has 0 radical (unpaired) electrons. The molecule has 2 aromatic rings. The molecule has 0 amide bonds. The first kappa shape index (κ1) is 20.6. The lowest BCUT2D eigenvalue weighted by molar-refractivity contribution is -0.139. The summed E-state index contributed by atoms with van der Waals surface area (Å²) in [5.74, 6) is -0.310. The summed E-state index contributed by atoms with van der Waals surface area (Å²) in [7, 11) is 0. The third-order valence-electron chi connectivity index (χ3n) is 6.77. The Morgan fingerprint density at radius 1 is 1.26 bits per heavy atom. The summed E-state index contributed by atoms with van der Waals surface area (Å²) in [4.78, 5) is 11.3. The Balaban J connectivity index is 1.37. The van der Waals surface area contributed by atoms with Crippen LogP contribution in [-0.2, 0) is 17.8 Å². The smallest absolute Gasteiger partial charge is 0.307 e. The van der Waals surface area contributed by atoms with Crippen molar-refractivity contribution in [2.75, 3.05) is 0 Å².